The highest BCUT2D eigenvalue weighted by molar-refractivity contribution is 14.0. The molecule has 2 heterocycles. The van der Waals surface area contributed by atoms with Gasteiger partial charge in [-0.05, 0) is 63.7 Å². The molecule has 5 nitrogen and oxygen atoms in total. The number of aromatic nitrogens is 1. The molecule has 1 fully saturated rings. The second-order valence-corrected chi connectivity index (χ2v) is 8.88. The Hall–Kier alpha value is -1.19. The van der Waals surface area contributed by atoms with E-state index in [0.29, 0.717) is 5.92 Å². The molecular formula is C22H34IN5S. The van der Waals surface area contributed by atoms with Gasteiger partial charge in [-0.25, -0.2) is 4.98 Å². The van der Waals surface area contributed by atoms with E-state index < -0.39 is 0 Å². The summed E-state index contributed by atoms with van der Waals surface area (Å²) in [4.78, 5) is 11.5. The van der Waals surface area contributed by atoms with Crippen molar-refractivity contribution in [2.45, 2.75) is 46.7 Å². The first kappa shape index (κ1) is 24.1. The van der Waals surface area contributed by atoms with Gasteiger partial charge in [-0.2, -0.15) is 0 Å². The SMILES string of the molecule is CN=C(NCc1ccc(C)cc1C)NCC1CCN(Cc2csc(C)n2)CC1.I. The molecule has 0 atom stereocenters. The molecule has 1 saturated heterocycles. The number of benzene rings is 1. The van der Waals surface area contributed by atoms with Gasteiger partial charge in [-0.3, -0.25) is 9.89 Å². The van der Waals surface area contributed by atoms with Crippen LogP contribution >= 0.6 is 35.3 Å². The molecule has 1 aromatic carbocycles. The highest BCUT2D eigenvalue weighted by Crippen LogP contribution is 2.19. The third-order valence-electron chi connectivity index (χ3n) is 5.49. The van der Waals surface area contributed by atoms with Crippen LogP contribution in [0, 0.1) is 26.7 Å². The van der Waals surface area contributed by atoms with Crippen molar-refractivity contribution < 1.29 is 0 Å². The molecule has 2 aromatic rings. The van der Waals surface area contributed by atoms with Gasteiger partial charge in [-0.15, -0.1) is 35.3 Å². The van der Waals surface area contributed by atoms with Crippen LogP contribution < -0.4 is 10.6 Å². The van der Waals surface area contributed by atoms with Crippen LogP contribution in [0.25, 0.3) is 0 Å². The monoisotopic (exact) mass is 527 g/mol. The van der Waals surface area contributed by atoms with Crippen molar-refractivity contribution in [2.75, 3.05) is 26.7 Å². The van der Waals surface area contributed by atoms with E-state index in [9.17, 15) is 0 Å². The van der Waals surface area contributed by atoms with Gasteiger partial charge >= 0.3 is 0 Å². The highest BCUT2D eigenvalue weighted by atomic mass is 127. The van der Waals surface area contributed by atoms with Crippen molar-refractivity contribution in [1.29, 1.82) is 0 Å². The quantitative estimate of drug-likeness (QED) is 0.335. The van der Waals surface area contributed by atoms with Crippen molar-refractivity contribution in [3.63, 3.8) is 0 Å². The Kier molecular flexibility index (Phi) is 9.85. The summed E-state index contributed by atoms with van der Waals surface area (Å²) in [6.07, 6.45) is 2.45. The van der Waals surface area contributed by atoms with E-state index in [0.717, 1.165) is 43.7 Å². The summed E-state index contributed by atoms with van der Waals surface area (Å²) in [5, 5.41) is 10.3. The summed E-state index contributed by atoms with van der Waals surface area (Å²) in [7, 11) is 1.84. The van der Waals surface area contributed by atoms with Crippen LogP contribution in [0.1, 0.15) is 40.2 Å². The summed E-state index contributed by atoms with van der Waals surface area (Å²) in [5.74, 6) is 1.59. The van der Waals surface area contributed by atoms with E-state index in [1.165, 1.54) is 35.2 Å². The lowest BCUT2D eigenvalue weighted by atomic mass is 9.97. The molecule has 0 amide bonds. The normalized spacial score (nSPS) is 15.8. The van der Waals surface area contributed by atoms with Crippen molar-refractivity contribution in [1.82, 2.24) is 20.5 Å². The molecule has 0 spiro atoms. The van der Waals surface area contributed by atoms with Crippen LogP contribution in [0.4, 0.5) is 0 Å². The Morgan fingerprint density at radius 2 is 1.97 bits per heavy atom. The molecular weight excluding hydrogens is 493 g/mol. The third-order valence-corrected chi connectivity index (χ3v) is 6.31. The van der Waals surface area contributed by atoms with Crippen molar-refractivity contribution in [3.05, 3.63) is 51.0 Å². The van der Waals surface area contributed by atoms with Crippen molar-refractivity contribution >= 4 is 41.3 Å². The van der Waals surface area contributed by atoms with E-state index in [2.05, 4.69) is 69.9 Å². The van der Waals surface area contributed by atoms with Crippen LogP contribution in [0.15, 0.2) is 28.6 Å². The lowest BCUT2D eigenvalue weighted by Crippen LogP contribution is -2.42. The second kappa shape index (κ2) is 11.9. The van der Waals surface area contributed by atoms with Gasteiger partial charge in [0.05, 0.1) is 10.7 Å². The molecule has 3 rings (SSSR count). The first-order chi connectivity index (χ1) is 13.5. The number of nitrogens with zero attached hydrogens (tertiary/aromatic N) is 3. The number of thiazole rings is 1. The fraction of sp³-hybridized carbons (Fsp3) is 0.545. The highest BCUT2D eigenvalue weighted by Gasteiger charge is 2.20. The zero-order valence-electron chi connectivity index (χ0n) is 18.0. The van der Waals surface area contributed by atoms with Gasteiger partial charge < -0.3 is 10.6 Å². The Bertz CT molecular complexity index is 796. The second-order valence-electron chi connectivity index (χ2n) is 7.81. The lowest BCUT2D eigenvalue weighted by molar-refractivity contribution is 0.176. The predicted molar refractivity (Wildman–Crippen MR) is 134 cm³/mol. The molecule has 2 N–H and O–H groups in total. The summed E-state index contributed by atoms with van der Waals surface area (Å²) < 4.78 is 0. The summed E-state index contributed by atoms with van der Waals surface area (Å²) in [5.41, 5.74) is 5.17. The van der Waals surface area contributed by atoms with E-state index >= 15 is 0 Å². The minimum atomic E-state index is 0. The number of hydrogen-bond acceptors (Lipinski definition) is 4. The molecule has 0 aliphatic carbocycles. The van der Waals surface area contributed by atoms with Gasteiger partial charge in [0.1, 0.15) is 0 Å². The fourth-order valence-corrected chi connectivity index (χ4v) is 4.35. The number of guanidine groups is 1. The number of aryl methyl sites for hydroxylation is 3. The molecule has 1 aromatic heterocycles. The molecule has 1 aliphatic rings. The summed E-state index contributed by atoms with van der Waals surface area (Å²) >= 11 is 1.74. The van der Waals surface area contributed by atoms with Crippen LogP contribution in [0.2, 0.25) is 0 Å². The topological polar surface area (TPSA) is 52.6 Å². The predicted octanol–water partition coefficient (Wildman–Crippen LogP) is 4.26. The summed E-state index contributed by atoms with van der Waals surface area (Å²) in [6.45, 7) is 11.5. The van der Waals surface area contributed by atoms with Gasteiger partial charge in [0.2, 0.25) is 0 Å². The molecule has 7 heteroatoms. The molecule has 0 radical (unpaired) electrons. The zero-order valence-corrected chi connectivity index (χ0v) is 21.1. The molecule has 29 heavy (non-hydrogen) atoms. The fourth-order valence-electron chi connectivity index (χ4n) is 3.74. The van der Waals surface area contributed by atoms with Gasteiger partial charge in [0.15, 0.2) is 5.96 Å². The maximum atomic E-state index is 4.59. The Morgan fingerprint density at radius 3 is 2.59 bits per heavy atom. The molecule has 0 unspecified atom stereocenters. The Balaban J connectivity index is 0.00000300. The van der Waals surface area contributed by atoms with Crippen LogP contribution in [-0.2, 0) is 13.1 Å². The number of hydrogen-bond donors (Lipinski definition) is 2. The number of rotatable bonds is 6. The maximum Gasteiger partial charge on any atom is 0.191 e. The van der Waals surface area contributed by atoms with Gasteiger partial charge in [0.25, 0.3) is 0 Å². The largest absolute Gasteiger partial charge is 0.356 e. The minimum Gasteiger partial charge on any atom is -0.356 e. The molecule has 1 aliphatic heterocycles. The first-order valence-corrected chi connectivity index (χ1v) is 11.1. The maximum absolute atomic E-state index is 4.59. The first-order valence-electron chi connectivity index (χ1n) is 10.2. The lowest BCUT2D eigenvalue weighted by Gasteiger charge is -2.31. The summed E-state index contributed by atoms with van der Waals surface area (Å²) in [6, 6.07) is 6.60. The van der Waals surface area contributed by atoms with Crippen LogP contribution in [0.5, 0.6) is 0 Å². The Morgan fingerprint density at radius 1 is 1.21 bits per heavy atom. The molecule has 160 valence electrons. The number of halogens is 1. The number of nitrogens with one attached hydrogen (secondary N) is 2. The van der Waals surface area contributed by atoms with Gasteiger partial charge in [0, 0.05) is 32.1 Å². The zero-order chi connectivity index (χ0) is 19.9. The average Bonchev–Trinajstić information content (AvgIpc) is 3.09. The molecule has 0 saturated carbocycles. The number of likely N-dealkylation sites (tertiary alicyclic amines) is 1. The molecule has 0 bridgehead atoms. The third kappa shape index (κ3) is 7.53. The average molecular weight is 528 g/mol. The van der Waals surface area contributed by atoms with Crippen molar-refractivity contribution in [2.24, 2.45) is 10.9 Å². The number of piperidine rings is 1. The minimum absolute atomic E-state index is 0. The van der Waals surface area contributed by atoms with E-state index in [1.54, 1.807) is 11.3 Å². The Labute approximate surface area is 196 Å². The van der Waals surface area contributed by atoms with Gasteiger partial charge in [-0.1, -0.05) is 23.8 Å². The standard InChI is InChI=1S/C22H33N5S.HI/c1-16-5-6-20(17(2)11-16)13-25-22(23-4)24-12-19-7-9-27(10-8-19)14-21-15-28-18(3)26-21;/h5-6,11,15,19H,7-10,12-14H2,1-4H3,(H2,23,24,25);1H. The van der Waals surface area contributed by atoms with E-state index in [-0.39, 0.29) is 24.0 Å². The van der Waals surface area contributed by atoms with Crippen molar-refractivity contribution in [3.8, 4) is 0 Å². The van der Waals surface area contributed by atoms with Crippen LogP contribution in [0.3, 0.4) is 0 Å². The van der Waals surface area contributed by atoms with E-state index in [1.807, 2.05) is 7.05 Å². The van der Waals surface area contributed by atoms with E-state index in [4.69, 9.17) is 0 Å². The number of aliphatic imine (C=N–C) groups is 1. The van der Waals surface area contributed by atoms with Crippen LogP contribution in [-0.4, -0.2) is 42.5 Å². The smallest absolute Gasteiger partial charge is 0.191 e.